The van der Waals surface area contributed by atoms with E-state index in [1.54, 1.807) is 11.3 Å². The van der Waals surface area contributed by atoms with Crippen LogP contribution in [0.15, 0.2) is 54.6 Å². The molecule has 1 N–H and O–H groups in total. The molecule has 2 aromatic carbocycles. The molecule has 3 aromatic rings. The van der Waals surface area contributed by atoms with Gasteiger partial charge < -0.3 is 10.2 Å². The van der Waals surface area contributed by atoms with Crippen LogP contribution in [0.25, 0.3) is 10.2 Å². The standard InChI is InChI=1S/C22H23N3O2S/c1-15(26)23-18(16-8-3-2-4-9-16)14-21(27)25-13-7-11-19(25)22-24-17-10-5-6-12-20(17)28-22/h2-6,8-10,12,18-19H,7,11,13-14H2,1H3,(H,23,26). The van der Waals surface area contributed by atoms with Gasteiger partial charge in [-0.05, 0) is 30.5 Å². The van der Waals surface area contributed by atoms with Gasteiger partial charge in [-0.15, -0.1) is 11.3 Å². The minimum absolute atomic E-state index is 0.0265. The summed E-state index contributed by atoms with van der Waals surface area (Å²) in [7, 11) is 0. The molecular weight excluding hydrogens is 370 g/mol. The highest BCUT2D eigenvalue weighted by Crippen LogP contribution is 2.37. The normalized spacial score (nSPS) is 17.6. The summed E-state index contributed by atoms with van der Waals surface area (Å²) in [4.78, 5) is 31.5. The number of hydrogen-bond acceptors (Lipinski definition) is 4. The fourth-order valence-electron chi connectivity index (χ4n) is 3.83. The van der Waals surface area contributed by atoms with Crippen molar-refractivity contribution in [2.45, 2.75) is 38.3 Å². The third-order valence-corrected chi connectivity index (χ3v) is 6.26. The molecule has 1 fully saturated rings. The monoisotopic (exact) mass is 393 g/mol. The van der Waals surface area contributed by atoms with Crippen LogP contribution in [-0.4, -0.2) is 28.2 Å². The number of para-hydroxylation sites is 1. The second-order valence-electron chi connectivity index (χ2n) is 7.13. The minimum Gasteiger partial charge on any atom is -0.349 e. The lowest BCUT2D eigenvalue weighted by Crippen LogP contribution is -2.35. The fraction of sp³-hybridized carbons (Fsp3) is 0.318. The van der Waals surface area contributed by atoms with Crippen LogP contribution in [0.2, 0.25) is 0 Å². The number of rotatable bonds is 5. The molecule has 1 aliphatic rings. The number of carbonyl (C=O) groups is 2. The summed E-state index contributed by atoms with van der Waals surface area (Å²) in [5.41, 5.74) is 1.93. The Morgan fingerprint density at radius 3 is 2.68 bits per heavy atom. The summed E-state index contributed by atoms with van der Waals surface area (Å²) in [6.45, 7) is 2.22. The van der Waals surface area contributed by atoms with Crippen molar-refractivity contribution in [3.05, 3.63) is 65.2 Å². The fourth-order valence-corrected chi connectivity index (χ4v) is 4.94. The molecule has 2 amide bonds. The first-order valence-electron chi connectivity index (χ1n) is 9.59. The smallest absolute Gasteiger partial charge is 0.225 e. The number of amides is 2. The van der Waals surface area contributed by atoms with Gasteiger partial charge in [0.05, 0.1) is 28.7 Å². The Morgan fingerprint density at radius 2 is 1.93 bits per heavy atom. The number of carbonyl (C=O) groups excluding carboxylic acids is 2. The van der Waals surface area contributed by atoms with Crippen molar-refractivity contribution < 1.29 is 9.59 Å². The summed E-state index contributed by atoms with van der Waals surface area (Å²) in [5.74, 6) is -0.0739. The highest BCUT2D eigenvalue weighted by atomic mass is 32.1. The molecule has 6 heteroatoms. The van der Waals surface area contributed by atoms with Gasteiger partial charge in [-0.3, -0.25) is 9.59 Å². The van der Waals surface area contributed by atoms with Crippen LogP contribution in [0.4, 0.5) is 0 Å². The van der Waals surface area contributed by atoms with E-state index in [1.165, 1.54) is 6.92 Å². The van der Waals surface area contributed by atoms with Crippen molar-refractivity contribution in [2.24, 2.45) is 0 Å². The molecule has 28 heavy (non-hydrogen) atoms. The van der Waals surface area contributed by atoms with Gasteiger partial charge in [0.2, 0.25) is 11.8 Å². The Hall–Kier alpha value is -2.73. The number of thiazole rings is 1. The van der Waals surface area contributed by atoms with Gasteiger partial charge in [-0.2, -0.15) is 0 Å². The van der Waals surface area contributed by atoms with E-state index in [-0.39, 0.29) is 30.3 Å². The van der Waals surface area contributed by atoms with Gasteiger partial charge in [-0.25, -0.2) is 4.98 Å². The van der Waals surface area contributed by atoms with Crippen LogP contribution < -0.4 is 5.32 Å². The Bertz CT molecular complexity index is 953. The number of hydrogen-bond donors (Lipinski definition) is 1. The van der Waals surface area contributed by atoms with E-state index in [0.717, 1.165) is 40.2 Å². The molecule has 4 rings (SSSR count). The second-order valence-corrected chi connectivity index (χ2v) is 8.20. The number of aromatic nitrogens is 1. The van der Waals surface area contributed by atoms with Crippen molar-refractivity contribution >= 4 is 33.4 Å². The molecule has 144 valence electrons. The Balaban J connectivity index is 1.54. The van der Waals surface area contributed by atoms with Crippen molar-refractivity contribution in [2.75, 3.05) is 6.54 Å². The molecule has 0 radical (unpaired) electrons. The van der Waals surface area contributed by atoms with Crippen LogP contribution in [-0.2, 0) is 9.59 Å². The molecule has 5 nitrogen and oxygen atoms in total. The van der Waals surface area contributed by atoms with Crippen molar-refractivity contribution in [1.82, 2.24) is 15.2 Å². The maximum absolute atomic E-state index is 13.2. The van der Waals surface area contributed by atoms with Crippen LogP contribution in [0, 0.1) is 0 Å². The number of benzene rings is 2. The van der Waals surface area contributed by atoms with Crippen molar-refractivity contribution in [3.8, 4) is 0 Å². The zero-order valence-corrected chi connectivity index (χ0v) is 16.6. The molecule has 0 bridgehead atoms. The van der Waals surface area contributed by atoms with Gasteiger partial charge in [0.25, 0.3) is 0 Å². The van der Waals surface area contributed by atoms with E-state index in [2.05, 4.69) is 11.4 Å². The minimum atomic E-state index is -0.317. The Labute approximate surface area is 168 Å². The topological polar surface area (TPSA) is 62.3 Å². The van der Waals surface area contributed by atoms with E-state index in [0.29, 0.717) is 0 Å². The first kappa shape index (κ1) is 18.6. The van der Waals surface area contributed by atoms with Gasteiger partial charge in [-0.1, -0.05) is 42.5 Å². The van der Waals surface area contributed by atoms with Gasteiger partial charge in [0.15, 0.2) is 0 Å². The van der Waals surface area contributed by atoms with Crippen molar-refractivity contribution in [3.63, 3.8) is 0 Å². The maximum Gasteiger partial charge on any atom is 0.225 e. The SMILES string of the molecule is CC(=O)NC(CC(=O)N1CCCC1c1nc2ccccc2s1)c1ccccc1. The largest absolute Gasteiger partial charge is 0.349 e. The molecule has 0 spiro atoms. The first-order valence-corrected chi connectivity index (χ1v) is 10.4. The van der Waals surface area contributed by atoms with Crippen LogP contribution >= 0.6 is 11.3 Å². The number of nitrogens with zero attached hydrogens (tertiary/aromatic N) is 2. The summed E-state index contributed by atoms with van der Waals surface area (Å²) in [6.07, 6.45) is 2.16. The maximum atomic E-state index is 13.2. The number of fused-ring (bicyclic) bond motifs is 1. The third-order valence-electron chi connectivity index (χ3n) is 5.13. The zero-order valence-electron chi connectivity index (χ0n) is 15.8. The van der Waals surface area contributed by atoms with Crippen LogP contribution in [0.3, 0.4) is 0 Å². The molecule has 1 saturated heterocycles. The lowest BCUT2D eigenvalue weighted by atomic mass is 10.0. The molecular formula is C22H23N3O2S. The van der Waals surface area contributed by atoms with Gasteiger partial charge in [0, 0.05) is 13.5 Å². The van der Waals surface area contributed by atoms with Crippen LogP contribution in [0.5, 0.6) is 0 Å². The molecule has 2 heterocycles. The Kier molecular flexibility index (Phi) is 5.39. The quantitative estimate of drug-likeness (QED) is 0.706. The summed E-state index contributed by atoms with van der Waals surface area (Å²) in [5, 5.41) is 3.93. The lowest BCUT2D eigenvalue weighted by Gasteiger charge is -2.26. The summed E-state index contributed by atoms with van der Waals surface area (Å²) < 4.78 is 1.15. The highest BCUT2D eigenvalue weighted by molar-refractivity contribution is 7.18. The number of likely N-dealkylation sites (tertiary alicyclic amines) is 1. The summed E-state index contributed by atoms with van der Waals surface area (Å²) >= 11 is 1.67. The zero-order chi connectivity index (χ0) is 19.5. The Morgan fingerprint density at radius 1 is 1.18 bits per heavy atom. The molecule has 2 atom stereocenters. The predicted octanol–water partition coefficient (Wildman–Crippen LogP) is 4.23. The third kappa shape index (κ3) is 3.92. The van der Waals surface area contributed by atoms with E-state index in [4.69, 9.17) is 4.98 Å². The average Bonchev–Trinajstić information content (AvgIpc) is 3.34. The second kappa shape index (κ2) is 8.10. The number of nitrogens with one attached hydrogen (secondary N) is 1. The average molecular weight is 394 g/mol. The predicted molar refractivity (Wildman–Crippen MR) is 111 cm³/mol. The molecule has 1 aliphatic heterocycles. The molecule has 0 aliphatic carbocycles. The van der Waals surface area contributed by atoms with E-state index >= 15 is 0 Å². The lowest BCUT2D eigenvalue weighted by molar-refractivity contribution is -0.133. The van der Waals surface area contributed by atoms with E-state index < -0.39 is 0 Å². The molecule has 0 saturated carbocycles. The summed E-state index contributed by atoms with van der Waals surface area (Å²) in [6, 6.07) is 17.5. The van der Waals surface area contributed by atoms with Gasteiger partial charge >= 0.3 is 0 Å². The first-order chi connectivity index (χ1) is 13.6. The van der Waals surface area contributed by atoms with Gasteiger partial charge in [0.1, 0.15) is 5.01 Å². The van der Waals surface area contributed by atoms with Crippen LogP contribution in [0.1, 0.15) is 48.8 Å². The van der Waals surface area contributed by atoms with E-state index in [9.17, 15) is 9.59 Å². The molecule has 1 aromatic heterocycles. The molecule has 2 unspecified atom stereocenters. The van der Waals surface area contributed by atoms with E-state index in [1.807, 2.05) is 53.4 Å². The van der Waals surface area contributed by atoms with Crippen molar-refractivity contribution in [1.29, 1.82) is 0 Å². The highest BCUT2D eigenvalue weighted by Gasteiger charge is 2.33.